The van der Waals surface area contributed by atoms with Gasteiger partial charge in [0, 0.05) is 19.0 Å². The van der Waals surface area contributed by atoms with Crippen LogP contribution in [0.25, 0.3) is 0 Å². The molecule has 0 heterocycles. The summed E-state index contributed by atoms with van der Waals surface area (Å²) in [6.45, 7) is 10.5. The molecule has 0 bridgehead atoms. The molecular weight excluding hydrogens is 190 g/mol. The topological polar surface area (TPSA) is 52.5 Å². The van der Waals surface area contributed by atoms with Crippen LogP contribution in [0.2, 0.25) is 0 Å². The van der Waals surface area contributed by atoms with E-state index in [2.05, 4.69) is 12.2 Å². The molecule has 15 heavy (non-hydrogen) atoms. The maximum atomic E-state index is 10.1. The lowest BCUT2D eigenvalue weighted by molar-refractivity contribution is -0.0371. The highest BCUT2D eigenvalue weighted by atomic mass is 16.3. The fourth-order valence-corrected chi connectivity index (χ4v) is 1.56. The summed E-state index contributed by atoms with van der Waals surface area (Å²) in [5.41, 5.74) is -0.771. The predicted molar refractivity (Wildman–Crippen MR) is 63.8 cm³/mol. The molecular formula is C12H27NO2. The van der Waals surface area contributed by atoms with Crippen LogP contribution < -0.4 is 5.32 Å². The standard InChI is InChI=1S/C12H27NO2/c1-6-10(4)12(5,15)7-11(14)8-13-9(2)3/h9-11,13-15H,6-8H2,1-5H3/t10-,11+,12+/m0/s1. The average molecular weight is 217 g/mol. The Labute approximate surface area is 93.9 Å². The first kappa shape index (κ1) is 14.9. The minimum absolute atomic E-state index is 0.214. The van der Waals surface area contributed by atoms with Gasteiger partial charge in [0.15, 0.2) is 0 Å². The van der Waals surface area contributed by atoms with Gasteiger partial charge in [0.05, 0.1) is 11.7 Å². The normalized spacial score (nSPS) is 20.0. The first-order valence-corrected chi connectivity index (χ1v) is 5.93. The van der Waals surface area contributed by atoms with E-state index >= 15 is 0 Å². The summed E-state index contributed by atoms with van der Waals surface area (Å²) in [7, 11) is 0. The third-order valence-electron chi connectivity index (χ3n) is 3.08. The lowest BCUT2D eigenvalue weighted by atomic mass is 9.84. The van der Waals surface area contributed by atoms with Crippen LogP contribution in [-0.4, -0.2) is 34.5 Å². The van der Waals surface area contributed by atoms with E-state index in [1.54, 1.807) is 6.92 Å². The van der Waals surface area contributed by atoms with Crippen molar-refractivity contribution in [3.05, 3.63) is 0 Å². The Morgan fingerprint density at radius 2 is 1.80 bits per heavy atom. The molecule has 0 aliphatic heterocycles. The Bertz CT molecular complexity index is 169. The van der Waals surface area contributed by atoms with Crippen molar-refractivity contribution in [2.45, 2.75) is 65.2 Å². The molecule has 0 saturated heterocycles. The summed E-state index contributed by atoms with van der Waals surface area (Å²) in [5, 5.41) is 23.1. The number of hydrogen-bond acceptors (Lipinski definition) is 3. The molecule has 0 saturated carbocycles. The largest absolute Gasteiger partial charge is 0.392 e. The molecule has 0 aliphatic carbocycles. The van der Waals surface area contributed by atoms with Gasteiger partial charge >= 0.3 is 0 Å². The highest BCUT2D eigenvalue weighted by Gasteiger charge is 2.29. The number of aliphatic hydroxyl groups is 2. The van der Waals surface area contributed by atoms with Crippen molar-refractivity contribution in [3.8, 4) is 0 Å². The zero-order chi connectivity index (χ0) is 12.1. The van der Waals surface area contributed by atoms with Crippen LogP contribution in [0.3, 0.4) is 0 Å². The third kappa shape index (κ3) is 6.13. The molecule has 0 radical (unpaired) electrons. The molecule has 0 aromatic rings. The first-order chi connectivity index (χ1) is 6.79. The van der Waals surface area contributed by atoms with Gasteiger partial charge in [0.2, 0.25) is 0 Å². The second-order valence-electron chi connectivity index (χ2n) is 5.09. The van der Waals surface area contributed by atoms with Crippen molar-refractivity contribution in [1.29, 1.82) is 0 Å². The van der Waals surface area contributed by atoms with Crippen molar-refractivity contribution < 1.29 is 10.2 Å². The smallest absolute Gasteiger partial charge is 0.0692 e. The van der Waals surface area contributed by atoms with Crippen molar-refractivity contribution in [2.24, 2.45) is 5.92 Å². The number of nitrogens with one attached hydrogen (secondary N) is 1. The van der Waals surface area contributed by atoms with E-state index in [9.17, 15) is 10.2 Å². The maximum Gasteiger partial charge on any atom is 0.0692 e. The van der Waals surface area contributed by atoms with Crippen molar-refractivity contribution in [3.63, 3.8) is 0 Å². The van der Waals surface area contributed by atoms with Crippen LogP contribution in [-0.2, 0) is 0 Å². The number of aliphatic hydroxyl groups excluding tert-OH is 1. The molecule has 3 heteroatoms. The minimum Gasteiger partial charge on any atom is -0.392 e. The Morgan fingerprint density at radius 1 is 1.27 bits per heavy atom. The fraction of sp³-hybridized carbons (Fsp3) is 1.00. The Morgan fingerprint density at radius 3 is 2.20 bits per heavy atom. The third-order valence-corrected chi connectivity index (χ3v) is 3.08. The van der Waals surface area contributed by atoms with E-state index in [-0.39, 0.29) is 5.92 Å². The lowest BCUT2D eigenvalue weighted by Crippen LogP contribution is -2.41. The van der Waals surface area contributed by atoms with Crippen molar-refractivity contribution >= 4 is 0 Å². The van der Waals surface area contributed by atoms with E-state index in [0.29, 0.717) is 19.0 Å². The fourth-order valence-electron chi connectivity index (χ4n) is 1.56. The van der Waals surface area contributed by atoms with Gasteiger partial charge in [-0.25, -0.2) is 0 Å². The molecule has 92 valence electrons. The molecule has 0 aliphatic rings. The molecule has 3 atom stereocenters. The summed E-state index contributed by atoms with van der Waals surface area (Å²) in [6, 6.07) is 0.369. The molecule has 0 amide bonds. The molecule has 0 aromatic carbocycles. The van der Waals surface area contributed by atoms with Gasteiger partial charge < -0.3 is 15.5 Å². The van der Waals surface area contributed by atoms with E-state index in [1.807, 2.05) is 20.8 Å². The second kappa shape index (κ2) is 6.46. The van der Waals surface area contributed by atoms with E-state index < -0.39 is 11.7 Å². The van der Waals surface area contributed by atoms with Crippen molar-refractivity contribution in [1.82, 2.24) is 5.32 Å². The van der Waals surface area contributed by atoms with Gasteiger partial charge in [0.25, 0.3) is 0 Å². The van der Waals surface area contributed by atoms with Gasteiger partial charge in [-0.15, -0.1) is 0 Å². The minimum atomic E-state index is -0.771. The lowest BCUT2D eigenvalue weighted by Gasteiger charge is -2.32. The summed E-state index contributed by atoms with van der Waals surface area (Å²) < 4.78 is 0. The average Bonchev–Trinajstić information content (AvgIpc) is 2.12. The molecule has 0 aromatic heterocycles. The predicted octanol–water partition coefficient (Wildman–Crippen LogP) is 1.53. The summed E-state index contributed by atoms with van der Waals surface area (Å²) in [6.07, 6.45) is 0.885. The molecule has 0 unspecified atom stereocenters. The van der Waals surface area contributed by atoms with Gasteiger partial charge in [-0.05, 0) is 12.8 Å². The number of hydrogen-bond donors (Lipinski definition) is 3. The molecule has 3 N–H and O–H groups in total. The van der Waals surface area contributed by atoms with Crippen molar-refractivity contribution in [2.75, 3.05) is 6.54 Å². The summed E-state index contributed by atoms with van der Waals surface area (Å²) >= 11 is 0. The first-order valence-electron chi connectivity index (χ1n) is 5.93. The van der Waals surface area contributed by atoms with Crippen LogP contribution >= 0.6 is 0 Å². The molecule has 3 nitrogen and oxygen atoms in total. The Kier molecular flexibility index (Phi) is 6.41. The summed E-state index contributed by atoms with van der Waals surface area (Å²) in [4.78, 5) is 0. The SMILES string of the molecule is CC[C@H](C)[C@](C)(O)C[C@@H](O)CNC(C)C. The van der Waals surface area contributed by atoms with E-state index in [0.717, 1.165) is 6.42 Å². The highest BCUT2D eigenvalue weighted by Crippen LogP contribution is 2.24. The van der Waals surface area contributed by atoms with Gasteiger partial charge in [-0.1, -0.05) is 34.1 Å². The van der Waals surface area contributed by atoms with Gasteiger partial charge in [-0.3, -0.25) is 0 Å². The second-order valence-corrected chi connectivity index (χ2v) is 5.09. The van der Waals surface area contributed by atoms with Crippen LogP contribution in [0.15, 0.2) is 0 Å². The molecule has 0 fully saturated rings. The van der Waals surface area contributed by atoms with E-state index in [1.165, 1.54) is 0 Å². The van der Waals surface area contributed by atoms with Gasteiger partial charge in [0.1, 0.15) is 0 Å². The Balaban J connectivity index is 3.98. The van der Waals surface area contributed by atoms with Crippen LogP contribution in [0, 0.1) is 5.92 Å². The molecule has 0 rings (SSSR count). The summed E-state index contributed by atoms with van der Waals surface area (Å²) in [5.74, 6) is 0.214. The molecule has 0 spiro atoms. The zero-order valence-corrected chi connectivity index (χ0v) is 10.7. The monoisotopic (exact) mass is 217 g/mol. The zero-order valence-electron chi connectivity index (χ0n) is 10.7. The quantitative estimate of drug-likeness (QED) is 0.606. The van der Waals surface area contributed by atoms with Crippen LogP contribution in [0.1, 0.15) is 47.5 Å². The maximum absolute atomic E-state index is 10.1. The Hall–Kier alpha value is -0.120. The van der Waals surface area contributed by atoms with Crippen LogP contribution in [0.4, 0.5) is 0 Å². The van der Waals surface area contributed by atoms with Gasteiger partial charge in [-0.2, -0.15) is 0 Å². The number of rotatable bonds is 7. The van der Waals surface area contributed by atoms with E-state index in [4.69, 9.17) is 0 Å². The van der Waals surface area contributed by atoms with Crippen LogP contribution in [0.5, 0.6) is 0 Å². The highest BCUT2D eigenvalue weighted by molar-refractivity contribution is 4.82.